The number of nitrogens with two attached hydrogens (primary N) is 1. The minimum atomic E-state index is -1.03. The molecule has 0 fully saturated rings. The van der Waals surface area contributed by atoms with E-state index in [0.717, 1.165) is 6.07 Å². The van der Waals surface area contributed by atoms with Crippen molar-refractivity contribution in [3.63, 3.8) is 0 Å². The molecule has 0 heterocycles. The Labute approximate surface area is 122 Å². The van der Waals surface area contributed by atoms with E-state index in [1.54, 1.807) is 25.1 Å². The van der Waals surface area contributed by atoms with Crippen molar-refractivity contribution in [3.8, 4) is 11.5 Å². The van der Waals surface area contributed by atoms with Crippen LogP contribution in [0.1, 0.15) is 18.6 Å². The van der Waals surface area contributed by atoms with Crippen LogP contribution in [0.4, 0.5) is 8.78 Å². The molecule has 0 saturated heterocycles. The van der Waals surface area contributed by atoms with Gasteiger partial charge >= 0.3 is 0 Å². The molecule has 0 saturated carbocycles. The molecule has 0 amide bonds. The van der Waals surface area contributed by atoms with Gasteiger partial charge in [0.1, 0.15) is 11.9 Å². The van der Waals surface area contributed by atoms with Crippen molar-refractivity contribution in [2.75, 3.05) is 7.11 Å². The van der Waals surface area contributed by atoms with Gasteiger partial charge in [-0.15, -0.1) is 0 Å². The van der Waals surface area contributed by atoms with Gasteiger partial charge < -0.3 is 15.2 Å². The van der Waals surface area contributed by atoms with Crippen molar-refractivity contribution in [2.24, 2.45) is 5.73 Å². The molecule has 2 aromatic carbocycles. The third kappa shape index (κ3) is 3.31. The maximum atomic E-state index is 13.8. The van der Waals surface area contributed by atoms with E-state index in [4.69, 9.17) is 15.2 Å². The van der Waals surface area contributed by atoms with E-state index in [2.05, 4.69) is 0 Å². The summed E-state index contributed by atoms with van der Waals surface area (Å²) in [6.07, 6.45) is -0.655. The van der Waals surface area contributed by atoms with Gasteiger partial charge in [-0.25, -0.2) is 4.39 Å². The molecular formula is C16H17F2NO2. The number of hydrogen-bond acceptors (Lipinski definition) is 3. The van der Waals surface area contributed by atoms with E-state index in [-0.39, 0.29) is 5.75 Å². The molecule has 2 atom stereocenters. The molecule has 5 heteroatoms. The van der Waals surface area contributed by atoms with E-state index in [0.29, 0.717) is 11.3 Å². The Balaban J connectivity index is 2.38. The zero-order valence-corrected chi connectivity index (χ0v) is 11.8. The molecule has 112 valence electrons. The molecule has 0 aromatic heterocycles. The average molecular weight is 293 g/mol. The van der Waals surface area contributed by atoms with E-state index in [9.17, 15) is 8.78 Å². The van der Waals surface area contributed by atoms with Gasteiger partial charge in [0.05, 0.1) is 7.11 Å². The Hall–Kier alpha value is -2.14. The monoisotopic (exact) mass is 293 g/mol. The van der Waals surface area contributed by atoms with E-state index in [1.807, 2.05) is 6.07 Å². The van der Waals surface area contributed by atoms with Crippen LogP contribution in [0, 0.1) is 11.6 Å². The van der Waals surface area contributed by atoms with Gasteiger partial charge in [0.2, 0.25) is 5.82 Å². The second kappa shape index (κ2) is 6.54. The number of para-hydroxylation sites is 1. The Morgan fingerprint density at radius 1 is 1.00 bits per heavy atom. The van der Waals surface area contributed by atoms with E-state index < -0.39 is 23.8 Å². The third-order valence-corrected chi connectivity index (χ3v) is 3.09. The highest BCUT2D eigenvalue weighted by atomic mass is 19.2. The Morgan fingerprint density at radius 3 is 2.33 bits per heavy atom. The fourth-order valence-corrected chi connectivity index (χ4v) is 2.07. The first-order chi connectivity index (χ1) is 10.0. The molecule has 2 N–H and O–H groups in total. The van der Waals surface area contributed by atoms with Crippen LogP contribution in [0.5, 0.6) is 11.5 Å². The van der Waals surface area contributed by atoms with Crippen molar-refractivity contribution < 1.29 is 18.3 Å². The summed E-state index contributed by atoms with van der Waals surface area (Å²) < 4.78 is 37.9. The molecule has 2 unspecified atom stereocenters. The number of hydrogen-bond donors (Lipinski definition) is 1. The summed E-state index contributed by atoms with van der Waals surface area (Å²) >= 11 is 0. The zero-order chi connectivity index (χ0) is 15.4. The van der Waals surface area contributed by atoms with Crippen LogP contribution in [0.15, 0.2) is 42.5 Å². The Kier molecular flexibility index (Phi) is 4.75. The second-order valence-corrected chi connectivity index (χ2v) is 4.69. The first-order valence-electron chi connectivity index (χ1n) is 6.53. The molecule has 3 nitrogen and oxygen atoms in total. The maximum absolute atomic E-state index is 13.8. The predicted octanol–water partition coefficient (Wildman–Crippen LogP) is 3.44. The molecule has 0 aliphatic rings. The van der Waals surface area contributed by atoms with Crippen LogP contribution >= 0.6 is 0 Å². The molecule has 2 rings (SSSR count). The smallest absolute Gasteiger partial charge is 0.200 e. The largest absolute Gasteiger partial charge is 0.496 e. The van der Waals surface area contributed by atoms with Crippen molar-refractivity contribution in [1.29, 1.82) is 0 Å². The molecule has 0 aliphatic heterocycles. The van der Waals surface area contributed by atoms with Gasteiger partial charge in [-0.1, -0.05) is 24.3 Å². The molecule has 0 radical (unpaired) electrons. The first-order valence-corrected chi connectivity index (χ1v) is 6.53. The third-order valence-electron chi connectivity index (χ3n) is 3.09. The molecule has 0 bridgehead atoms. The number of rotatable bonds is 5. The van der Waals surface area contributed by atoms with Crippen molar-refractivity contribution in [1.82, 2.24) is 0 Å². The summed E-state index contributed by atoms with van der Waals surface area (Å²) in [4.78, 5) is 0. The van der Waals surface area contributed by atoms with Crippen molar-refractivity contribution in [2.45, 2.75) is 19.1 Å². The highest BCUT2D eigenvalue weighted by Crippen LogP contribution is 2.32. The normalized spacial score (nSPS) is 13.6. The molecule has 0 spiro atoms. The lowest BCUT2D eigenvalue weighted by Gasteiger charge is -2.24. The average Bonchev–Trinajstić information content (AvgIpc) is 2.48. The highest BCUT2D eigenvalue weighted by molar-refractivity contribution is 5.37. The van der Waals surface area contributed by atoms with E-state index in [1.165, 1.54) is 19.2 Å². The maximum Gasteiger partial charge on any atom is 0.200 e. The zero-order valence-electron chi connectivity index (χ0n) is 11.8. The quantitative estimate of drug-likeness (QED) is 0.918. The van der Waals surface area contributed by atoms with Crippen LogP contribution in [0.3, 0.4) is 0 Å². The Bertz CT molecular complexity index is 617. The lowest BCUT2D eigenvalue weighted by molar-refractivity contribution is 0.167. The minimum absolute atomic E-state index is 0.178. The van der Waals surface area contributed by atoms with E-state index >= 15 is 0 Å². The number of benzene rings is 2. The fourth-order valence-electron chi connectivity index (χ4n) is 2.07. The first kappa shape index (κ1) is 15.3. The Morgan fingerprint density at radius 2 is 1.67 bits per heavy atom. The predicted molar refractivity (Wildman–Crippen MR) is 76.4 cm³/mol. The number of ether oxygens (including phenoxy) is 2. The van der Waals surface area contributed by atoms with Crippen LogP contribution in [-0.4, -0.2) is 13.2 Å². The van der Waals surface area contributed by atoms with Crippen LogP contribution in [0.2, 0.25) is 0 Å². The van der Waals surface area contributed by atoms with Gasteiger partial charge in [-0.05, 0) is 25.1 Å². The number of methoxy groups -OCH3 is 1. The van der Waals surface area contributed by atoms with Gasteiger partial charge in [0.25, 0.3) is 0 Å². The van der Waals surface area contributed by atoms with Crippen LogP contribution < -0.4 is 15.2 Å². The molecule has 0 aliphatic carbocycles. The van der Waals surface area contributed by atoms with Gasteiger partial charge in [-0.3, -0.25) is 0 Å². The van der Waals surface area contributed by atoms with Crippen molar-refractivity contribution >= 4 is 0 Å². The second-order valence-electron chi connectivity index (χ2n) is 4.69. The SMILES string of the molecule is COc1ccccc1C(Oc1cccc(F)c1F)C(C)N. The molecule has 2 aromatic rings. The van der Waals surface area contributed by atoms with Crippen molar-refractivity contribution in [3.05, 3.63) is 59.7 Å². The van der Waals surface area contributed by atoms with Crippen LogP contribution in [0.25, 0.3) is 0 Å². The number of halogens is 2. The van der Waals surface area contributed by atoms with Gasteiger partial charge in [0, 0.05) is 11.6 Å². The summed E-state index contributed by atoms with van der Waals surface area (Å²) in [5.41, 5.74) is 6.61. The topological polar surface area (TPSA) is 44.5 Å². The summed E-state index contributed by atoms with van der Waals surface area (Å²) in [6, 6.07) is 10.5. The summed E-state index contributed by atoms with van der Waals surface area (Å²) in [6.45, 7) is 1.73. The highest BCUT2D eigenvalue weighted by Gasteiger charge is 2.23. The minimum Gasteiger partial charge on any atom is -0.496 e. The molecular weight excluding hydrogens is 276 g/mol. The van der Waals surface area contributed by atoms with Gasteiger partial charge in [-0.2, -0.15) is 4.39 Å². The fraction of sp³-hybridized carbons (Fsp3) is 0.250. The summed E-state index contributed by atoms with van der Waals surface area (Å²) in [5.74, 6) is -1.59. The summed E-state index contributed by atoms with van der Waals surface area (Å²) in [5, 5.41) is 0. The summed E-state index contributed by atoms with van der Waals surface area (Å²) in [7, 11) is 1.53. The van der Waals surface area contributed by atoms with Crippen LogP contribution in [-0.2, 0) is 0 Å². The lowest BCUT2D eigenvalue weighted by atomic mass is 10.0. The standard InChI is InChI=1S/C16H17F2NO2/c1-10(19)16(11-6-3-4-8-13(11)20-2)21-14-9-5-7-12(17)15(14)18/h3-10,16H,19H2,1-2H3. The van der Waals surface area contributed by atoms with Gasteiger partial charge in [0.15, 0.2) is 11.6 Å². The molecule has 21 heavy (non-hydrogen) atoms. The lowest BCUT2D eigenvalue weighted by Crippen LogP contribution is -2.29.